The summed E-state index contributed by atoms with van der Waals surface area (Å²) < 4.78 is 4.83. The summed E-state index contributed by atoms with van der Waals surface area (Å²) in [6, 6.07) is 1.48. The number of pyridine rings is 1. The van der Waals surface area contributed by atoms with Crippen LogP contribution < -0.4 is 5.56 Å². The van der Waals surface area contributed by atoms with E-state index in [0.29, 0.717) is 18.6 Å². The zero-order chi connectivity index (χ0) is 10.6. The number of methoxy groups -OCH3 is 1. The van der Waals surface area contributed by atoms with Gasteiger partial charge in [-0.3, -0.25) is 9.59 Å². The van der Waals surface area contributed by atoms with Gasteiger partial charge in [0.15, 0.2) is 0 Å². The number of carbonyl (C=O) groups is 1. The number of ether oxygens (including phenoxy) is 1. The molecule has 0 amide bonds. The van der Waals surface area contributed by atoms with Gasteiger partial charge in [-0.1, -0.05) is 0 Å². The second-order valence-corrected chi connectivity index (χ2v) is 3.10. The smallest absolute Gasteiger partial charge is 0.253 e. The van der Waals surface area contributed by atoms with E-state index < -0.39 is 5.24 Å². The van der Waals surface area contributed by atoms with Crippen LogP contribution in [0.15, 0.2) is 17.1 Å². The summed E-state index contributed by atoms with van der Waals surface area (Å²) >= 11 is 5.27. The van der Waals surface area contributed by atoms with Crippen molar-refractivity contribution >= 4 is 16.8 Å². The van der Waals surface area contributed by atoms with Crippen molar-refractivity contribution < 1.29 is 9.53 Å². The van der Waals surface area contributed by atoms with Crippen LogP contribution in [0.1, 0.15) is 15.9 Å². The molecule has 4 nitrogen and oxygen atoms in total. The lowest BCUT2D eigenvalue weighted by Gasteiger charge is -2.00. The Morgan fingerprint density at radius 2 is 2.36 bits per heavy atom. The maximum absolute atomic E-state index is 11.2. The third-order valence-electron chi connectivity index (χ3n) is 1.78. The number of aromatic amines is 1. The van der Waals surface area contributed by atoms with Crippen molar-refractivity contribution in [3.63, 3.8) is 0 Å². The first-order chi connectivity index (χ1) is 6.65. The minimum Gasteiger partial charge on any atom is -0.384 e. The second-order valence-electron chi connectivity index (χ2n) is 2.76. The van der Waals surface area contributed by atoms with Crippen molar-refractivity contribution in [2.24, 2.45) is 0 Å². The van der Waals surface area contributed by atoms with Crippen LogP contribution in [0.2, 0.25) is 0 Å². The van der Waals surface area contributed by atoms with E-state index in [4.69, 9.17) is 16.3 Å². The Hall–Kier alpha value is -1.13. The Balaban J connectivity index is 2.96. The van der Waals surface area contributed by atoms with Gasteiger partial charge < -0.3 is 9.72 Å². The molecule has 0 aliphatic heterocycles. The molecule has 1 N–H and O–H groups in total. The van der Waals surface area contributed by atoms with E-state index >= 15 is 0 Å². The van der Waals surface area contributed by atoms with Gasteiger partial charge >= 0.3 is 0 Å². The maximum Gasteiger partial charge on any atom is 0.253 e. The maximum atomic E-state index is 11.2. The molecule has 0 unspecified atom stereocenters. The zero-order valence-electron chi connectivity index (χ0n) is 7.67. The standard InChI is InChI=1S/C9H10ClNO3/c1-14-3-2-6-4-7(8(10)12)5-11-9(6)13/h4-5H,2-3H2,1H3,(H,11,13). The molecule has 0 radical (unpaired) electrons. The summed E-state index contributed by atoms with van der Waals surface area (Å²) in [6.45, 7) is 0.434. The van der Waals surface area contributed by atoms with Crippen molar-refractivity contribution in [2.75, 3.05) is 13.7 Å². The van der Waals surface area contributed by atoms with Gasteiger partial charge in [0.25, 0.3) is 10.8 Å². The number of H-pyrrole nitrogens is 1. The molecule has 14 heavy (non-hydrogen) atoms. The molecule has 1 rings (SSSR count). The average Bonchev–Trinajstić information content (AvgIpc) is 2.16. The molecule has 0 atom stereocenters. The van der Waals surface area contributed by atoms with Crippen molar-refractivity contribution in [1.29, 1.82) is 0 Å². The number of hydrogen-bond acceptors (Lipinski definition) is 3. The third-order valence-corrected chi connectivity index (χ3v) is 2.00. The minimum absolute atomic E-state index is 0.219. The lowest BCUT2D eigenvalue weighted by atomic mass is 10.1. The van der Waals surface area contributed by atoms with Gasteiger partial charge in [0.2, 0.25) is 0 Å². The molecular formula is C9H10ClNO3. The van der Waals surface area contributed by atoms with Gasteiger partial charge in [-0.05, 0) is 17.7 Å². The first kappa shape index (κ1) is 10.9. The lowest BCUT2D eigenvalue weighted by Crippen LogP contribution is -2.15. The SMILES string of the molecule is COCCc1cc(C(=O)Cl)c[nH]c1=O. The normalized spacial score (nSPS) is 10.1. The van der Waals surface area contributed by atoms with E-state index in [0.717, 1.165) is 0 Å². The van der Waals surface area contributed by atoms with Crippen LogP contribution in [0.4, 0.5) is 0 Å². The van der Waals surface area contributed by atoms with E-state index in [1.807, 2.05) is 0 Å². The van der Waals surface area contributed by atoms with E-state index in [9.17, 15) is 9.59 Å². The van der Waals surface area contributed by atoms with Crippen LogP contribution in [-0.4, -0.2) is 23.9 Å². The molecule has 0 saturated heterocycles. The number of carbonyl (C=O) groups excluding carboxylic acids is 1. The highest BCUT2D eigenvalue weighted by molar-refractivity contribution is 6.67. The summed E-state index contributed by atoms with van der Waals surface area (Å²) in [5.41, 5.74) is 0.569. The van der Waals surface area contributed by atoms with Crippen molar-refractivity contribution in [3.05, 3.63) is 33.7 Å². The second kappa shape index (κ2) is 4.93. The lowest BCUT2D eigenvalue weighted by molar-refractivity contribution is 0.108. The molecule has 0 aromatic carbocycles. The van der Waals surface area contributed by atoms with Crippen molar-refractivity contribution in [2.45, 2.75) is 6.42 Å². The Bertz CT molecular complexity index is 386. The van der Waals surface area contributed by atoms with E-state index in [2.05, 4.69) is 4.98 Å². The number of aromatic nitrogens is 1. The van der Waals surface area contributed by atoms with Gasteiger partial charge in [0.05, 0.1) is 12.2 Å². The highest BCUT2D eigenvalue weighted by Crippen LogP contribution is 2.03. The molecule has 0 bridgehead atoms. The summed E-state index contributed by atoms with van der Waals surface area (Å²) in [6.07, 6.45) is 1.76. The summed E-state index contributed by atoms with van der Waals surface area (Å²) in [7, 11) is 1.55. The molecular weight excluding hydrogens is 206 g/mol. The predicted molar refractivity (Wildman–Crippen MR) is 52.8 cm³/mol. The van der Waals surface area contributed by atoms with Crippen LogP contribution in [0, 0.1) is 0 Å². The van der Waals surface area contributed by atoms with Crippen LogP contribution >= 0.6 is 11.6 Å². The predicted octanol–water partition coefficient (Wildman–Crippen LogP) is 0.943. The van der Waals surface area contributed by atoms with Gasteiger partial charge in [-0.2, -0.15) is 0 Å². The largest absolute Gasteiger partial charge is 0.384 e. The highest BCUT2D eigenvalue weighted by atomic mass is 35.5. The van der Waals surface area contributed by atoms with E-state index in [1.54, 1.807) is 7.11 Å². The van der Waals surface area contributed by atoms with Crippen LogP contribution in [0.3, 0.4) is 0 Å². The van der Waals surface area contributed by atoms with Crippen molar-refractivity contribution in [3.8, 4) is 0 Å². The Kier molecular flexibility index (Phi) is 3.85. The molecule has 0 saturated carbocycles. The minimum atomic E-state index is -0.583. The zero-order valence-corrected chi connectivity index (χ0v) is 8.43. The topological polar surface area (TPSA) is 59.2 Å². The van der Waals surface area contributed by atoms with Gasteiger partial charge in [0.1, 0.15) is 0 Å². The molecule has 0 aliphatic rings. The van der Waals surface area contributed by atoms with Gasteiger partial charge in [0, 0.05) is 25.3 Å². The average molecular weight is 216 g/mol. The van der Waals surface area contributed by atoms with Crippen LogP contribution in [0.5, 0.6) is 0 Å². The van der Waals surface area contributed by atoms with E-state index in [-0.39, 0.29) is 11.1 Å². The molecule has 1 aromatic rings. The molecule has 1 aromatic heterocycles. The third kappa shape index (κ3) is 2.68. The molecule has 5 heteroatoms. The fraction of sp³-hybridized carbons (Fsp3) is 0.333. The quantitative estimate of drug-likeness (QED) is 0.761. The highest BCUT2D eigenvalue weighted by Gasteiger charge is 2.05. The summed E-state index contributed by atoms with van der Waals surface area (Å²) in [4.78, 5) is 24.5. The Morgan fingerprint density at radius 1 is 1.64 bits per heavy atom. The molecule has 0 fully saturated rings. The number of rotatable bonds is 4. The molecule has 76 valence electrons. The van der Waals surface area contributed by atoms with Gasteiger partial charge in [-0.15, -0.1) is 0 Å². The van der Waals surface area contributed by atoms with Crippen LogP contribution in [0.25, 0.3) is 0 Å². The first-order valence-corrected chi connectivity index (χ1v) is 4.43. The molecule has 0 aliphatic carbocycles. The number of nitrogens with one attached hydrogen (secondary N) is 1. The summed E-state index contributed by atoms with van der Waals surface area (Å²) in [5, 5.41) is -0.583. The number of halogens is 1. The molecule has 1 heterocycles. The molecule has 0 spiro atoms. The first-order valence-electron chi connectivity index (χ1n) is 4.05. The van der Waals surface area contributed by atoms with Crippen LogP contribution in [-0.2, 0) is 11.2 Å². The number of hydrogen-bond donors (Lipinski definition) is 1. The van der Waals surface area contributed by atoms with E-state index in [1.165, 1.54) is 12.3 Å². The van der Waals surface area contributed by atoms with Gasteiger partial charge in [-0.25, -0.2) is 0 Å². The fourth-order valence-corrected chi connectivity index (χ4v) is 1.15. The monoisotopic (exact) mass is 215 g/mol. The summed E-state index contributed by atoms with van der Waals surface area (Å²) in [5.74, 6) is 0. The fourth-order valence-electron chi connectivity index (χ4n) is 1.04. The Labute approximate surface area is 85.9 Å². The van der Waals surface area contributed by atoms with Crippen molar-refractivity contribution in [1.82, 2.24) is 4.98 Å². The Morgan fingerprint density at radius 3 is 2.93 bits per heavy atom.